The first-order valence-corrected chi connectivity index (χ1v) is 12.4. The van der Waals surface area contributed by atoms with E-state index >= 15 is 0 Å². The maximum Gasteiger partial charge on any atom is 4.00 e. The smallest absolute Gasteiger partial charge is 4.00 e. The minimum absolute atomic E-state index is 0. The van der Waals surface area contributed by atoms with Gasteiger partial charge in [0.05, 0.1) is 0 Å². The fourth-order valence-corrected chi connectivity index (χ4v) is 2.19. The topological polar surface area (TPSA) is 54.0 Å². The molecule has 4 rings (SSSR count). The van der Waals surface area contributed by atoms with Crippen LogP contribution >= 0.6 is 15.6 Å². The number of fused-ring (bicyclic) bond motifs is 2. The van der Waals surface area contributed by atoms with E-state index in [1.54, 1.807) is 12.4 Å². The Bertz CT molecular complexity index is 1070. The van der Waals surface area contributed by atoms with Gasteiger partial charge in [0.1, 0.15) is 0 Å². The molecule has 0 saturated carbocycles. The largest absolute Gasteiger partial charge is 4.00 e. The molecule has 0 unspecified atom stereocenters. The summed E-state index contributed by atoms with van der Waals surface area (Å²) in [5.41, 5.74) is 3.66. The van der Waals surface area contributed by atoms with Gasteiger partial charge < -0.3 is 20.6 Å². The number of nitrogens with zero attached hydrogens (tertiary/aromatic N) is 4. The van der Waals surface area contributed by atoms with Crippen molar-refractivity contribution in [2.24, 2.45) is 0 Å². The molecule has 19 heteroatoms. The molecule has 196 valence electrons. The number of allylic oxidation sites excluding steroid dienone is 2. The van der Waals surface area contributed by atoms with Crippen LogP contribution in [0.2, 0.25) is 0 Å². The van der Waals surface area contributed by atoms with Gasteiger partial charge in [-0.25, -0.2) is 0 Å². The Hall–Kier alpha value is -2.24. The van der Waals surface area contributed by atoms with Gasteiger partial charge in [0.2, 0.25) is 0 Å². The van der Waals surface area contributed by atoms with Crippen molar-refractivity contribution in [3.8, 4) is 0 Å². The molecule has 2 aromatic rings. The molecular formula is C16H10F12N4P2Ru. The third-order valence-corrected chi connectivity index (χ3v) is 3.19. The van der Waals surface area contributed by atoms with Gasteiger partial charge in [-0.1, -0.05) is 72.6 Å². The Morgan fingerprint density at radius 2 is 0.800 bits per heavy atom. The van der Waals surface area contributed by atoms with E-state index in [4.69, 9.17) is 0 Å². The van der Waals surface area contributed by atoms with E-state index < -0.39 is 15.6 Å². The summed E-state index contributed by atoms with van der Waals surface area (Å²) in [6.07, 6.45) is 11.4. The number of halogens is 12. The van der Waals surface area contributed by atoms with E-state index in [2.05, 4.69) is 20.6 Å². The second-order valence-electron chi connectivity index (χ2n) is 6.41. The molecular weight excluding hydrogens is 639 g/mol. The SMILES string of the molecule is C1=Cc2cccnc2[N-]C1=C1C=Cc2cccnc2[N-]1.F[P-](F)(F)(F)(F)F.F[P-](F)(F)(F)(F)F.[Ru+4]. The van der Waals surface area contributed by atoms with Gasteiger partial charge in [0, 0.05) is 0 Å². The zero-order chi connectivity index (χ0) is 26.2. The van der Waals surface area contributed by atoms with Crippen LogP contribution in [-0.2, 0) is 19.5 Å². The van der Waals surface area contributed by atoms with Crippen molar-refractivity contribution in [2.75, 3.05) is 0 Å². The molecule has 4 heterocycles. The third kappa shape index (κ3) is 16.1. The molecule has 0 aromatic carbocycles. The minimum Gasteiger partial charge on any atom is 4.00 e. The van der Waals surface area contributed by atoms with Crippen LogP contribution in [0.1, 0.15) is 11.1 Å². The number of hydrogen-bond acceptors (Lipinski definition) is 2. The van der Waals surface area contributed by atoms with Gasteiger partial charge in [-0.2, -0.15) is 0 Å². The van der Waals surface area contributed by atoms with E-state index in [-0.39, 0.29) is 19.5 Å². The van der Waals surface area contributed by atoms with Crippen molar-refractivity contribution in [3.63, 3.8) is 0 Å². The van der Waals surface area contributed by atoms with Crippen LogP contribution in [0, 0.1) is 0 Å². The Balaban J connectivity index is 0.000000343. The van der Waals surface area contributed by atoms with Gasteiger partial charge in [-0.05, 0) is 22.5 Å². The minimum atomic E-state index is -10.7. The van der Waals surface area contributed by atoms with Crippen LogP contribution in [0.15, 0.2) is 60.2 Å². The van der Waals surface area contributed by atoms with Crippen molar-refractivity contribution in [1.29, 1.82) is 0 Å². The summed E-state index contributed by atoms with van der Waals surface area (Å²) in [7, 11) is -21.3. The van der Waals surface area contributed by atoms with Crippen molar-refractivity contribution in [2.45, 2.75) is 0 Å². The molecule has 0 saturated heterocycles. The normalized spacial score (nSPS) is 20.0. The number of pyridine rings is 2. The monoisotopic (exact) mass is 650 g/mol. The summed E-state index contributed by atoms with van der Waals surface area (Å²) in [4.78, 5) is 8.55. The van der Waals surface area contributed by atoms with E-state index in [1.165, 1.54) is 0 Å². The molecule has 2 aliphatic heterocycles. The van der Waals surface area contributed by atoms with Crippen LogP contribution in [0.25, 0.3) is 22.8 Å². The standard InChI is InChI=1S/C16H10N4.2F6P.Ru/c1-3-11-5-7-13(19-15(11)17-9-1)14-8-6-12-4-2-10-18-16(12)20-14;2*1-7(2,3,4,5)6;/h1-10H;;;/q-2;2*-1;+4. The van der Waals surface area contributed by atoms with Gasteiger partial charge in [0.15, 0.2) is 0 Å². The molecule has 0 aliphatic carbocycles. The Morgan fingerprint density at radius 3 is 1.09 bits per heavy atom. The summed E-state index contributed by atoms with van der Waals surface area (Å²) in [6, 6.07) is 7.80. The van der Waals surface area contributed by atoms with Gasteiger partial charge in [0.25, 0.3) is 0 Å². The molecule has 2 aromatic heterocycles. The van der Waals surface area contributed by atoms with Crippen LogP contribution < -0.4 is 0 Å². The first-order chi connectivity index (χ1) is 14.8. The first-order valence-electron chi connectivity index (χ1n) is 8.37. The summed E-state index contributed by atoms with van der Waals surface area (Å²) in [6.45, 7) is 0. The zero-order valence-corrected chi connectivity index (χ0v) is 19.9. The Kier molecular flexibility index (Phi) is 7.40. The van der Waals surface area contributed by atoms with Gasteiger partial charge in [-0.3, -0.25) is 0 Å². The summed E-state index contributed by atoms with van der Waals surface area (Å²) >= 11 is 0. The molecule has 0 N–H and O–H groups in total. The van der Waals surface area contributed by atoms with E-state index in [0.29, 0.717) is 0 Å². The van der Waals surface area contributed by atoms with Crippen LogP contribution in [-0.4, -0.2) is 9.97 Å². The molecule has 2 aliphatic rings. The Morgan fingerprint density at radius 1 is 0.514 bits per heavy atom. The predicted octanol–water partition coefficient (Wildman–Crippen LogP) is 11.2. The van der Waals surface area contributed by atoms with Crippen molar-refractivity contribution >= 4 is 39.4 Å². The molecule has 35 heavy (non-hydrogen) atoms. The maximum absolute atomic E-state index is 10.7. The van der Waals surface area contributed by atoms with E-state index in [1.807, 2.05) is 48.6 Å². The third-order valence-electron chi connectivity index (χ3n) is 3.19. The molecule has 0 atom stereocenters. The van der Waals surface area contributed by atoms with Gasteiger partial charge in [-0.15, -0.1) is 0 Å². The van der Waals surface area contributed by atoms with Crippen LogP contribution in [0.3, 0.4) is 0 Å². The number of rotatable bonds is 0. The van der Waals surface area contributed by atoms with Crippen molar-refractivity contribution in [1.82, 2.24) is 9.97 Å². The molecule has 0 radical (unpaired) electrons. The summed E-state index contributed by atoms with van der Waals surface area (Å²) in [5.74, 6) is 1.46. The first kappa shape index (κ1) is 30.8. The van der Waals surface area contributed by atoms with Crippen LogP contribution in [0.4, 0.5) is 62.0 Å². The summed E-state index contributed by atoms with van der Waals surface area (Å²) in [5, 5.41) is 9.10. The molecule has 4 nitrogen and oxygen atoms in total. The second-order valence-corrected chi connectivity index (χ2v) is 10.2. The predicted molar refractivity (Wildman–Crippen MR) is 107 cm³/mol. The van der Waals surface area contributed by atoms with Gasteiger partial charge >= 0.3 is 85.5 Å². The summed E-state index contributed by atoms with van der Waals surface area (Å²) < 4.78 is 118. The number of hydrogen-bond donors (Lipinski definition) is 0. The second kappa shape index (κ2) is 8.42. The molecule has 0 spiro atoms. The number of aromatic nitrogens is 2. The van der Waals surface area contributed by atoms with Crippen molar-refractivity contribution in [3.05, 3.63) is 82.0 Å². The fourth-order valence-electron chi connectivity index (χ4n) is 2.19. The molecule has 0 bridgehead atoms. The Labute approximate surface area is 201 Å². The molecule has 0 amide bonds. The molecule has 0 fully saturated rings. The average molecular weight is 649 g/mol. The average Bonchev–Trinajstić information content (AvgIpc) is 2.62. The van der Waals surface area contributed by atoms with E-state index in [0.717, 1.165) is 34.2 Å². The van der Waals surface area contributed by atoms with Crippen LogP contribution in [0.5, 0.6) is 0 Å². The quantitative estimate of drug-likeness (QED) is 0.162. The van der Waals surface area contributed by atoms with E-state index in [9.17, 15) is 50.4 Å². The maximum atomic E-state index is 9.87. The fraction of sp³-hybridized carbons (Fsp3) is 0. The van der Waals surface area contributed by atoms with Crippen molar-refractivity contribution < 1.29 is 69.8 Å². The zero-order valence-electron chi connectivity index (χ0n) is 16.3.